The second-order valence-corrected chi connectivity index (χ2v) is 8.25. The van der Waals surface area contributed by atoms with Crippen molar-refractivity contribution in [2.24, 2.45) is 0 Å². The summed E-state index contributed by atoms with van der Waals surface area (Å²) in [6, 6.07) is 5.92. The molecule has 28 heavy (non-hydrogen) atoms. The maximum absolute atomic E-state index is 12.5. The number of aryl methyl sites for hydroxylation is 1. The molecule has 1 aliphatic heterocycles. The van der Waals surface area contributed by atoms with Crippen LogP contribution in [-0.2, 0) is 9.53 Å². The number of ether oxygens (including phenoxy) is 1. The van der Waals surface area contributed by atoms with Crippen LogP contribution in [0.5, 0.6) is 0 Å². The molecule has 3 rings (SSSR count). The van der Waals surface area contributed by atoms with Gasteiger partial charge in [-0.3, -0.25) is 9.59 Å². The number of amides is 2. The SMILES string of the molecule is Cc1cc(C(=O)NC2CCCCC2)ccc1NCC(=O)N1CC(C)OC(C)C1. The van der Waals surface area contributed by atoms with E-state index in [1.807, 2.05) is 43.9 Å². The molecule has 6 nitrogen and oxygen atoms in total. The third-order valence-electron chi connectivity index (χ3n) is 5.63. The predicted molar refractivity (Wildman–Crippen MR) is 111 cm³/mol. The highest BCUT2D eigenvalue weighted by Crippen LogP contribution is 2.20. The highest BCUT2D eigenvalue weighted by molar-refractivity contribution is 5.95. The predicted octanol–water partition coefficient (Wildman–Crippen LogP) is 3.11. The van der Waals surface area contributed by atoms with Gasteiger partial charge in [0, 0.05) is 30.4 Å². The van der Waals surface area contributed by atoms with E-state index in [1.54, 1.807) is 0 Å². The van der Waals surface area contributed by atoms with E-state index in [2.05, 4.69) is 10.6 Å². The molecule has 6 heteroatoms. The molecule has 1 saturated heterocycles. The third kappa shape index (κ3) is 5.47. The first-order chi connectivity index (χ1) is 13.4. The van der Waals surface area contributed by atoms with Gasteiger partial charge in [0.15, 0.2) is 0 Å². The molecule has 1 aliphatic carbocycles. The van der Waals surface area contributed by atoms with E-state index in [4.69, 9.17) is 4.74 Å². The van der Waals surface area contributed by atoms with Crippen LogP contribution in [0.2, 0.25) is 0 Å². The lowest BCUT2D eigenvalue weighted by molar-refractivity contribution is -0.141. The lowest BCUT2D eigenvalue weighted by Gasteiger charge is -2.35. The van der Waals surface area contributed by atoms with Crippen LogP contribution in [0, 0.1) is 6.92 Å². The fourth-order valence-electron chi connectivity index (χ4n) is 4.18. The number of rotatable bonds is 5. The number of benzene rings is 1. The molecule has 0 aromatic heterocycles. The molecule has 154 valence electrons. The number of nitrogens with zero attached hydrogens (tertiary/aromatic N) is 1. The van der Waals surface area contributed by atoms with Crippen LogP contribution in [-0.4, -0.2) is 54.6 Å². The van der Waals surface area contributed by atoms with Gasteiger partial charge >= 0.3 is 0 Å². The van der Waals surface area contributed by atoms with Crippen LogP contribution in [0.15, 0.2) is 18.2 Å². The Balaban J connectivity index is 1.53. The summed E-state index contributed by atoms with van der Waals surface area (Å²) in [4.78, 5) is 26.9. The molecule has 1 saturated carbocycles. The Kier molecular flexibility index (Phi) is 6.94. The molecule has 2 aliphatic rings. The second-order valence-electron chi connectivity index (χ2n) is 8.25. The van der Waals surface area contributed by atoms with E-state index in [-0.39, 0.29) is 30.6 Å². The summed E-state index contributed by atoms with van der Waals surface area (Å²) in [6.45, 7) is 7.44. The van der Waals surface area contributed by atoms with Crippen LogP contribution in [0.4, 0.5) is 5.69 Å². The van der Waals surface area contributed by atoms with Gasteiger partial charge in [-0.1, -0.05) is 19.3 Å². The number of nitrogens with one attached hydrogen (secondary N) is 2. The Bertz CT molecular complexity index is 690. The molecule has 2 unspecified atom stereocenters. The minimum Gasteiger partial charge on any atom is -0.376 e. The smallest absolute Gasteiger partial charge is 0.251 e. The Morgan fingerprint density at radius 2 is 1.79 bits per heavy atom. The molecule has 1 heterocycles. The summed E-state index contributed by atoms with van der Waals surface area (Å²) in [7, 11) is 0. The van der Waals surface area contributed by atoms with Gasteiger partial charge in [0.1, 0.15) is 0 Å². The van der Waals surface area contributed by atoms with Crippen LogP contribution in [0.25, 0.3) is 0 Å². The zero-order chi connectivity index (χ0) is 20.1. The first kappa shape index (κ1) is 20.6. The molecule has 0 bridgehead atoms. The van der Waals surface area contributed by atoms with Crippen molar-refractivity contribution in [3.63, 3.8) is 0 Å². The summed E-state index contributed by atoms with van der Waals surface area (Å²) in [5.41, 5.74) is 2.53. The average Bonchev–Trinajstić information content (AvgIpc) is 2.66. The van der Waals surface area contributed by atoms with E-state index in [9.17, 15) is 9.59 Å². The van der Waals surface area contributed by atoms with Crippen molar-refractivity contribution in [2.75, 3.05) is 25.0 Å². The summed E-state index contributed by atoms with van der Waals surface area (Å²) in [5, 5.41) is 6.37. The molecule has 2 fully saturated rings. The van der Waals surface area contributed by atoms with E-state index < -0.39 is 0 Å². The summed E-state index contributed by atoms with van der Waals surface area (Å²) in [6.07, 6.45) is 5.94. The van der Waals surface area contributed by atoms with Gasteiger partial charge in [-0.25, -0.2) is 0 Å². The number of morpholine rings is 1. The average molecular weight is 388 g/mol. The van der Waals surface area contributed by atoms with Crippen molar-refractivity contribution >= 4 is 17.5 Å². The Labute approximate surface area is 168 Å². The molecule has 0 spiro atoms. The van der Waals surface area contributed by atoms with E-state index in [0.717, 1.165) is 24.1 Å². The van der Waals surface area contributed by atoms with Gasteiger partial charge in [0.05, 0.1) is 18.8 Å². The lowest BCUT2D eigenvalue weighted by atomic mass is 9.95. The Morgan fingerprint density at radius 1 is 1.11 bits per heavy atom. The van der Waals surface area contributed by atoms with Crippen molar-refractivity contribution in [1.29, 1.82) is 0 Å². The topological polar surface area (TPSA) is 70.7 Å². The molecule has 2 atom stereocenters. The highest BCUT2D eigenvalue weighted by atomic mass is 16.5. The molecular weight excluding hydrogens is 354 g/mol. The van der Waals surface area contributed by atoms with Crippen LogP contribution in [0.3, 0.4) is 0 Å². The largest absolute Gasteiger partial charge is 0.376 e. The van der Waals surface area contributed by atoms with Crippen molar-refractivity contribution in [2.45, 2.75) is 71.1 Å². The van der Waals surface area contributed by atoms with Crippen LogP contribution >= 0.6 is 0 Å². The summed E-state index contributed by atoms with van der Waals surface area (Å²) in [5.74, 6) is 0.0643. The minimum atomic E-state index is -0.00563. The molecule has 2 amide bonds. The highest BCUT2D eigenvalue weighted by Gasteiger charge is 2.25. The Morgan fingerprint density at radius 3 is 2.43 bits per heavy atom. The number of anilines is 1. The van der Waals surface area contributed by atoms with E-state index >= 15 is 0 Å². The minimum absolute atomic E-state index is 0.00563. The number of hydrogen-bond donors (Lipinski definition) is 2. The Hall–Kier alpha value is -2.08. The van der Waals surface area contributed by atoms with Crippen LogP contribution in [0.1, 0.15) is 61.9 Å². The van der Waals surface area contributed by atoms with Gasteiger partial charge in [-0.2, -0.15) is 0 Å². The molecular formula is C22H33N3O3. The summed E-state index contributed by atoms with van der Waals surface area (Å²) >= 11 is 0. The maximum Gasteiger partial charge on any atom is 0.251 e. The number of carbonyl (C=O) groups is 2. The monoisotopic (exact) mass is 387 g/mol. The summed E-state index contributed by atoms with van der Waals surface area (Å²) < 4.78 is 5.69. The number of hydrogen-bond acceptors (Lipinski definition) is 4. The molecule has 1 aromatic rings. The zero-order valence-corrected chi connectivity index (χ0v) is 17.3. The normalized spacial score (nSPS) is 23.3. The van der Waals surface area contributed by atoms with Gasteiger partial charge in [-0.05, 0) is 57.4 Å². The van der Waals surface area contributed by atoms with E-state index in [0.29, 0.717) is 24.7 Å². The van der Waals surface area contributed by atoms with Gasteiger partial charge in [-0.15, -0.1) is 0 Å². The first-order valence-electron chi connectivity index (χ1n) is 10.5. The molecule has 2 N–H and O–H groups in total. The van der Waals surface area contributed by atoms with Gasteiger partial charge in [0.25, 0.3) is 5.91 Å². The van der Waals surface area contributed by atoms with Crippen molar-refractivity contribution in [3.05, 3.63) is 29.3 Å². The molecule has 0 radical (unpaired) electrons. The standard InChI is InChI=1S/C22H33N3O3/c1-15-11-18(22(27)24-19-7-5-4-6-8-19)9-10-20(15)23-12-21(26)25-13-16(2)28-17(3)14-25/h9-11,16-17,19,23H,4-8,12-14H2,1-3H3,(H,24,27). The van der Waals surface area contributed by atoms with Crippen molar-refractivity contribution in [1.82, 2.24) is 10.2 Å². The number of carbonyl (C=O) groups excluding carboxylic acids is 2. The third-order valence-corrected chi connectivity index (χ3v) is 5.63. The zero-order valence-electron chi connectivity index (χ0n) is 17.3. The fraction of sp³-hybridized carbons (Fsp3) is 0.636. The fourth-order valence-corrected chi connectivity index (χ4v) is 4.18. The molecule has 1 aromatic carbocycles. The van der Waals surface area contributed by atoms with Gasteiger partial charge < -0.3 is 20.3 Å². The van der Waals surface area contributed by atoms with Crippen molar-refractivity contribution < 1.29 is 14.3 Å². The lowest BCUT2D eigenvalue weighted by Crippen LogP contribution is -2.49. The quantitative estimate of drug-likeness (QED) is 0.814. The van der Waals surface area contributed by atoms with Crippen molar-refractivity contribution in [3.8, 4) is 0 Å². The van der Waals surface area contributed by atoms with Gasteiger partial charge in [0.2, 0.25) is 5.91 Å². The van der Waals surface area contributed by atoms with E-state index in [1.165, 1.54) is 19.3 Å². The van der Waals surface area contributed by atoms with Crippen LogP contribution < -0.4 is 10.6 Å². The maximum atomic E-state index is 12.5. The first-order valence-corrected chi connectivity index (χ1v) is 10.5. The second kappa shape index (κ2) is 9.41.